The molecule has 1 atom stereocenters. The van der Waals surface area contributed by atoms with E-state index in [9.17, 15) is 4.79 Å². The van der Waals surface area contributed by atoms with Crippen LogP contribution in [-0.4, -0.2) is 58.9 Å². The molecule has 158 valence electrons. The van der Waals surface area contributed by atoms with Gasteiger partial charge < -0.3 is 23.8 Å². The van der Waals surface area contributed by atoms with Crippen molar-refractivity contribution in [3.63, 3.8) is 0 Å². The van der Waals surface area contributed by atoms with Crippen LogP contribution in [0, 0.1) is 0 Å². The van der Waals surface area contributed by atoms with E-state index in [0.29, 0.717) is 31.2 Å². The number of rotatable bonds is 2. The summed E-state index contributed by atoms with van der Waals surface area (Å²) in [7, 11) is 0. The van der Waals surface area contributed by atoms with Crippen LogP contribution in [0.4, 0.5) is 10.5 Å². The van der Waals surface area contributed by atoms with E-state index in [2.05, 4.69) is 9.47 Å². The number of benzene rings is 1. The number of aromatic nitrogens is 2. The van der Waals surface area contributed by atoms with Crippen LogP contribution in [0.3, 0.4) is 0 Å². The molecule has 0 bridgehead atoms. The van der Waals surface area contributed by atoms with E-state index < -0.39 is 5.60 Å². The number of halogens is 1. The molecular formula is C21H29ClN4O3. The molecule has 2 fully saturated rings. The number of imidazole rings is 1. The zero-order valence-corrected chi connectivity index (χ0v) is 18.1. The third-order valence-electron chi connectivity index (χ3n) is 5.36. The summed E-state index contributed by atoms with van der Waals surface area (Å²) in [6, 6.07) is 3.92. The minimum atomic E-state index is -0.485. The average molecular weight is 421 g/mol. The minimum Gasteiger partial charge on any atom is -0.444 e. The predicted molar refractivity (Wildman–Crippen MR) is 114 cm³/mol. The molecule has 29 heavy (non-hydrogen) atoms. The van der Waals surface area contributed by atoms with Crippen molar-refractivity contribution < 1.29 is 14.3 Å². The summed E-state index contributed by atoms with van der Waals surface area (Å²) in [5, 5.41) is 0.680. The fourth-order valence-electron chi connectivity index (χ4n) is 3.95. The first kappa shape index (κ1) is 20.3. The first-order chi connectivity index (χ1) is 13.8. The second kappa shape index (κ2) is 8.03. The SMILES string of the molecule is CC(C)(C)OC(=O)N1CCN(c2cc(Cl)cc3c2ncn3C2CCCCO2)CC1. The van der Waals surface area contributed by atoms with Crippen molar-refractivity contribution in [2.75, 3.05) is 37.7 Å². The predicted octanol–water partition coefficient (Wildman–Crippen LogP) is 4.45. The summed E-state index contributed by atoms with van der Waals surface area (Å²) in [6.07, 6.45) is 4.87. The van der Waals surface area contributed by atoms with Gasteiger partial charge in [-0.05, 0) is 52.2 Å². The third-order valence-corrected chi connectivity index (χ3v) is 5.58. The minimum absolute atomic E-state index is 0.0177. The van der Waals surface area contributed by atoms with Gasteiger partial charge in [0.2, 0.25) is 0 Å². The van der Waals surface area contributed by atoms with Crippen molar-refractivity contribution in [1.82, 2.24) is 14.5 Å². The van der Waals surface area contributed by atoms with Crippen LogP contribution in [0.25, 0.3) is 11.0 Å². The molecule has 4 rings (SSSR count). The van der Waals surface area contributed by atoms with Gasteiger partial charge in [-0.2, -0.15) is 0 Å². The van der Waals surface area contributed by atoms with Gasteiger partial charge in [-0.15, -0.1) is 0 Å². The Balaban J connectivity index is 1.53. The molecule has 3 heterocycles. The standard InChI is InChI=1S/C21H29ClN4O3/c1-21(2,3)29-20(27)25-9-7-24(8-10-25)16-12-15(22)13-17-19(16)23-14-26(17)18-6-4-5-11-28-18/h12-14,18H,4-11H2,1-3H3. The van der Waals surface area contributed by atoms with Crippen LogP contribution < -0.4 is 4.90 Å². The van der Waals surface area contributed by atoms with Crippen molar-refractivity contribution in [3.05, 3.63) is 23.5 Å². The van der Waals surface area contributed by atoms with Gasteiger partial charge in [-0.25, -0.2) is 9.78 Å². The highest BCUT2D eigenvalue weighted by Crippen LogP contribution is 2.34. The maximum absolute atomic E-state index is 12.3. The van der Waals surface area contributed by atoms with E-state index in [-0.39, 0.29) is 12.3 Å². The summed E-state index contributed by atoms with van der Waals surface area (Å²) in [6.45, 7) is 9.07. The Morgan fingerprint density at radius 1 is 1.21 bits per heavy atom. The van der Waals surface area contributed by atoms with Gasteiger partial charge in [0, 0.05) is 37.8 Å². The maximum atomic E-state index is 12.3. The Morgan fingerprint density at radius 2 is 1.97 bits per heavy atom. The van der Waals surface area contributed by atoms with Crippen molar-refractivity contribution in [1.29, 1.82) is 0 Å². The Labute approximate surface area is 176 Å². The number of carbonyl (C=O) groups is 1. The number of nitrogens with zero attached hydrogens (tertiary/aromatic N) is 4. The van der Waals surface area contributed by atoms with E-state index in [4.69, 9.17) is 26.1 Å². The van der Waals surface area contributed by atoms with E-state index >= 15 is 0 Å². The highest BCUT2D eigenvalue weighted by atomic mass is 35.5. The number of ether oxygens (including phenoxy) is 2. The molecule has 0 N–H and O–H groups in total. The molecule has 1 amide bonds. The lowest BCUT2D eigenvalue weighted by atomic mass is 10.1. The molecule has 8 heteroatoms. The monoisotopic (exact) mass is 420 g/mol. The molecule has 1 unspecified atom stereocenters. The molecule has 1 aromatic heterocycles. The summed E-state index contributed by atoms with van der Waals surface area (Å²) in [4.78, 5) is 21.0. The Morgan fingerprint density at radius 3 is 2.62 bits per heavy atom. The molecule has 2 aromatic rings. The van der Waals surface area contributed by atoms with Gasteiger partial charge in [-0.3, -0.25) is 0 Å². The molecule has 2 aliphatic heterocycles. The highest BCUT2D eigenvalue weighted by Gasteiger charge is 2.28. The molecule has 0 aliphatic carbocycles. The topological polar surface area (TPSA) is 59.8 Å². The quantitative estimate of drug-likeness (QED) is 0.718. The zero-order chi connectivity index (χ0) is 20.6. The Kier molecular flexibility index (Phi) is 5.62. The number of amides is 1. The van der Waals surface area contributed by atoms with Gasteiger partial charge in [0.1, 0.15) is 17.3 Å². The molecule has 1 aromatic carbocycles. The summed E-state index contributed by atoms with van der Waals surface area (Å²) < 4.78 is 13.5. The number of hydrogen-bond donors (Lipinski definition) is 0. The largest absolute Gasteiger partial charge is 0.444 e. The highest BCUT2D eigenvalue weighted by molar-refractivity contribution is 6.31. The lowest BCUT2D eigenvalue weighted by molar-refractivity contribution is -0.0295. The fraction of sp³-hybridized carbons (Fsp3) is 0.619. The van der Waals surface area contributed by atoms with E-state index in [1.807, 2.05) is 39.2 Å². The number of hydrogen-bond acceptors (Lipinski definition) is 5. The van der Waals surface area contributed by atoms with Gasteiger partial charge in [0.05, 0.1) is 17.5 Å². The van der Waals surface area contributed by atoms with Gasteiger partial charge in [0.15, 0.2) is 0 Å². The van der Waals surface area contributed by atoms with E-state index in [0.717, 1.165) is 42.6 Å². The van der Waals surface area contributed by atoms with Crippen LogP contribution in [0.1, 0.15) is 46.3 Å². The van der Waals surface area contributed by atoms with Crippen LogP contribution in [0.2, 0.25) is 5.02 Å². The molecule has 7 nitrogen and oxygen atoms in total. The average Bonchev–Trinajstić information content (AvgIpc) is 3.10. The lowest BCUT2D eigenvalue weighted by Gasteiger charge is -2.37. The molecule has 2 aliphatic rings. The first-order valence-electron chi connectivity index (χ1n) is 10.3. The summed E-state index contributed by atoms with van der Waals surface area (Å²) in [5.41, 5.74) is 2.44. The second-order valence-electron chi connectivity index (χ2n) is 8.72. The Hall–Kier alpha value is -1.99. The molecule has 2 saturated heterocycles. The van der Waals surface area contributed by atoms with Gasteiger partial charge >= 0.3 is 6.09 Å². The first-order valence-corrected chi connectivity index (χ1v) is 10.7. The fourth-order valence-corrected chi connectivity index (χ4v) is 4.16. The van der Waals surface area contributed by atoms with Crippen molar-refractivity contribution in [2.45, 2.75) is 51.9 Å². The van der Waals surface area contributed by atoms with Crippen molar-refractivity contribution >= 4 is 34.4 Å². The zero-order valence-electron chi connectivity index (χ0n) is 17.4. The van der Waals surface area contributed by atoms with Crippen LogP contribution in [0.15, 0.2) is 18.5 Å². The molecule has 0 saturated carbocycles. The smallest absolute Gasteiger partial charge is 0.410 e. The Bertz CT molecular complexity index is 878. The second-order valence-corrected chi connectivity index (χ2v) is 9.16. The number of anilines is 1. The normalized spacial score (nSPS) is 20.9. The summed E-state index contributed by atoms with van der Waals surface area (Å²) >= 11 is 6.47. The van der Waals surface area contributed by atoms with E-state index in [1.165, 1.54) is 0 Å². The van der Waals surface area contributed by atoms with E-state index in [1.54, 1.807) is 4.90 Å². The molecule has 0 spiro atoms. The summed E-state index contributed by atoms with van der Waals surface area (Å²) in [5.74, 6) is 0. The van der Waals surface area contributed by atoms with Crippen LogP contribution in [-0.2, 0) is 9.47 Å². The number of carbonyl (C=O) groups excluding carboxylic acids is 1. The van der Waals surface area contributed by atoms with Gasteiger partial charge in [0.25, 0.3) is 0 Å². The van der Waals surface area contributed by atoms with Crippen LogP contribution in [0.5, 0.6) is 0 Å². The third kappa shape index (κ3) is 4.46. The number of piperazine rings is 1. The van der Waals surface area contributed by atoms with Crippen molar-refractivity contribution in [3.8, 4) is 0 Å². The maximum Gasteiger partial charge on any atom is 0.410 e. The molecule has 0 radical (unpaired) electrons. The molecular weight excluding hydrogens is 392 g/mol. The lowest BCUT2D eigenvalue weighted by Crippen LogP contribution is -2.50. The van der Waals surface area contributed by atoms with Gasteiger partial charge in [-0.1, -0.05) is 11.6 Å². The van der Waals surface area contributed by atoms with Crippen LogP contribution >= 0.6 is 11.6 Å². The number of fused-ring (bicyclic) bond motifs is 1. The van der Waals surface area contributed by atoms with Crippen molar-refractivity contribution in [2.24, 2.45) is 0 Å².